The van der Waals surface area contributed by atoms with Crippen molar-refractivity contribution in [3.63, 3.8) is 0 Å². The molecule has 0 amide bonds. The first kappa shape index (κ1) is 9.97. The quantitative estimate of drug-likeness (QED) is 0.716. The predicted octanol–water partition coefficient (Wildman–Crippen LogP) is 4.32. The molecule has 0 spiro atoms. The van der Waals surface area contributed by atoms with Gasteiger partial charge in [-0.05, 0) is 6.07 Å². The highest BCUT2D eigenvalue weighted by Crippen LogP contribution is 2.36. The van der Waals surface area contributed by atoms with E-state index in [1.807, 2.05) is 18.2 Å². The SMILES string of the molecule is N#Cc1c(CBr)sc2c(Cl)cccc12. The Morgan fingerprint density at radius 3 is 2.93 bits per heavy atom. The molecule has 0 aliphatic rings. The normalized spacial score (nSPS) is 10.4. The van der Waals surface area contributed by atoms with Gasteiger partial charge in [-0.25, -0.2) is 0 Å². The highest BCUT2D eigenvalue weighted by molar-refractivity contribution is 9.08. The van der Waals surface area contributed by atoms with Crippen molar-refractivity contribution in [3.8, 4) is 6.07 Å². The summed E-state index contributed by atoms with van der Waals surface area (Å²) < 4.78 is 1.00. The van der Waals surface area contributed by atoms with Crippen LogP contribution >= 0.6 is 38.9 Å². The number of nitriles is 1. The predicted molar refractivity (Wildman–Crippen MR) is 64.2 cm³/mol. The van der Waals surface area contributed by atoms with Crippen molar-refractivity contribution < 1.29 is 0 Å². The molecule has 0 N–H and O–H groups in total. The van der Waals surface area contributed by atoms with Gasteiger partial charge in [-0.3, -0.25) is 0 Å². The van der Waals surface area contributed by atoms with Crippen LogP contribution in [0.1, 0.15) is 10.4 Å². The Kier molecular flexibility index (Phi) is 2.78. The second-order valence-electron chi connectivity index (χ2n) is 2.76. The molecule has 0 unspecified atom stereocenters. The molecule has 0 saturated carbocycles. The smallest absolute Gasteiger partial charge is 0.101 e. The molecule has 1 aromatic heterocycles. The van der Waals surface area contributed by atoms with E-state index in [1.54, 1.807) is 11.3 Å². The third-order valence-corrected chi connectivity index (χ3v) is 4.57. The number of alkyl halides is 1. The van der Waals surface area contributed by atoms with Crippen molar-refractivity contribution in [2.45, 2.75) is 5.33 Å². The van der Waals surface area contributed by atoms with Gasteiger partial charge in [-0.15, -0.1) is 11.3 Å². The summed E-state index contributed by atoms with van der Waals surface area (Å²) in [6.45, 7) is 0. The third-order valence-electron chi connectivity index (χ3n) is 1.97. The Balaban J connectivity index is 2.88. The van der Waals surface area contributed by atoms with Crippen LogP contribution in [-0.2, 0) is 5.33 Å². The van der Waals surface area contributed by atoms with Gasteiger partial charge in [0.05, 0.1) is 15.3 Å². The number of hydrogen-bond donors (Lipinski definition) is 0. The number of fused-ring (bicyclic) bond motifs is 1. The molecule has 1 aromatic carbocycles. The van der Waals surface area contributed by atoms with E-state index < -0.39 is 0 Å². The zero-order chi connectivity index (χ0) is 10.1. The lowest BCUT2D eigenvalue weighted by molar-refractivity contribution is 1.47. The Labute approximate surface area is 99.0 Å². The summed E-state index contributed by atoms with van der Waals surface area (Å²) in [7, 11) is 0. The minimum Gasteiger partial charge on any atom is -0.192 e. The van der Waals surface area contributed by atoms with E-state index in [9.17, 15) is 0 Å². The first-order chi connectivity index (χ1) is 6.77. The monoisotopic (exact) mass is 285 g/mol. The fourth-order valence-corrected chi connectivity index (χ4v) is 3.27. The average molecular weight is 287 g/mol. The van der Waals surface area contributed by atoms with Crippen LogP contribution < -0.4 is 0 Å². The molecule has 4 heteroatoms. The number of halogens is 2. The molecule has 0 atom stereocenters. The molecular weight excluding hydrogens is 282 g/mol. The zero-order valence-electron chi connectivity index (χ0n) is 7.05. The fraction of sp³-hybridized carbons (Fsp3) is 0.100. The van der Waals surface area contributed by atoms with E-state index in [0.29, 0.717) is 5.33 Å². The second kappa shape index (κ2) is 3.90. The summed E-state index contributed by atoms with van der Waals surface area (Å²) in [6.07, 6.45) is 0. The fourth-order valence-electron chi connectivity index (χ4n) is 1.35. The van der Waals surface area contributed by atoms with Crippen molar-refractivity contribution in [3.05, 3.63) is 33.7 Å². The Morgan fingerprint density at radius 2 is 2.29 bits per heavy atom. The summed E-state index contributed by atoms with van der Waals surface area (Å²) in [5, 5.41) is 11.4. The van der Waals surface area contributed by atoms with Gasteiger partial charge in [0.15, 0.2) is 0 Å². The largest absolute Gasteiger partial charge is 0.192 e. The lowest BCUT2D eigenvalue weighted by Gasteiger charge is -1.91. The zero-order valence-corrected chi connectivity index (χ0v) is 10.2. The molecule has 0 radical (unpaired) electrons. The summed E-state index contributed by atoms with van der Waals surface area (Å²) in [5.74, 6) is 0. The maximum absolute atomic E-state index is 9.02. The van der Waals surface area contributed by atoms with Gasteiger partial charge in [0.25, 0.3) is 0 Å². The Morgan fingerprint density at radius 1 is 1.50 bits per heavy atom. The van der Waals surface area contributed by atoms with Crippen LogP contribution in [0, 0.1) is 11.3 Å². The van der Waals surface area contributed by atoms with Crippen molar-refractivity contribution in [2.75, 3.05) is 0 Å². The molecule has 0 bridgehead atoms. The molecule has 1 nitrogen and oxygen atoms in total. The molecule has 1 heterocycles. The van der Waals surface area contributed by atoms with Gasteiger partial charge in [0.1, 0.15) is 6.07 Å². The summed E-state index contributed by atoms with van der Waals surface area (Å²) in [4.78, 5) is 1.04. The van der Waals surface area contributed by atoms with E-state index in [4.69, 9.17) is 16.9 Å². The molecule has 0 aliphatic carbocycles. The third kappa shape index (κ3) is 1.44. The molecule has 2 rings (SSSR count). The van der Waals surface area contributed by atoms with E-state index in [2.05, 4.69) is 22.0 Å². The lowest BCUT2D eigenvalue weighted by Crippen LogP contribution is -1.76. The van der Waals surface area contributed by atoms with Crippen molar-refractivity contribution in [1.82, 2.24) is 0 Å². The van der Waals surface area contributed by atoms with Gasteiger partial charge >= 0.3 is 0 Å². The van der Waals surface area contributed by atoms with Crippen LogP contribution in [0.15, 0.2) is 18.2 Å². The number of rotatable bonds is 1. The first-order valence-electron chi connectivity index (χ1n) is 3.94. The van der Waals surface area contributed by atoms with Crippen LogP contribution in [0.3, 0.4) is 0 Å². The van der Waals surface area contributed by atoms with E-state index in [-0.39, 0.29) is 0 Å². The van der Waals surface area contributed by atoms with E-state index in [1.165, 1.54) is 0 Å². The van der Waals surface area contributed by atoms with Crippen LogP contribution in [0.25, 0.3) is 10.1 Å². The minimum atomic E-state index is 0.700. The lowest BCUT2D eigenvalue weighted by atomic mass is 10.1. The van der Waals surface area contributed by atoms with Crippen molar-refractivity contribution in [2.24, 2.45) is 0 Å². The standard InChI is InChI=1S/C10H5BrClNS/c11-4-9-7(5-13)6-2-1-3-8(12)10(6)14-9/h1-3H,4H2. The molecule has 70 valence electrons. The number of hydrogen-bond acceptors (Lipinski definition) is 2. The molecule has 2 aromatic rings. The van der Waals surface area contributed by atoms with Crippen LogP contribution in [0.2, 0.25) is 5.02 Å². The minimum absolute atomic E-state index is 0.700. The summed E-state index contributed by atoms with van der Waals surface area (Å²) in [6, 6.07) is 7.87. The number of thiophene rings is 1. The van der Waals surface area contributed by atoms with Crippen LogP contribution in [0.4, 0.5) is 0 Å². The molecule has 14 heavy (non-hydrogen) atoms. The van der Waals surface area contributed by atoms with Gasteiger partial charge < -0.3 is 0 Å². The average Bonchev–Trinajstić information content (AvgIpc) is 2.57. The van der Waals surface area contributed by atoms with Crippen LogP contribution in [-0.4, -0.2) is 0 Å². The van der Waals surface area contributed by atoms with Crippen molar-refractivity contribution >= 4 is 49.0 Å². The topological polar surface area (TPSA) is 23.8 Å². The maximum Gasteiger partial charge on any atom is 0.101 e. The number of benzene rings is 1. The summed E-state index contributed by atoms with van der Waals surface area (Å²) in [5.41, 5.74) is 0.740. The Hall–Kier alpha value is -0.560. The Bertz CT molecular complexity index is 527. The van der Waals surface area contributed by atoms with Gasteiger partial charge in [-0.1, -0.05) is 39.7 Å². The highest BCUT2D eigenvalue weighted by atomic mass is 79.9. The van der Waals surface area contributed by atoms with Gasteiger partial charge in [-0.2, -0.15) is 5.26 Å². The molecular formula is C10H5BrClNS. The van der Waals surface area contributed by atoms with Gasteiger partial charge in [0, 0.05) is 15.6 Å². The number of nitrogens with zero attached hydrogens (tertiary/aromatic N) is 1. The van der Waals surface area contributed by atoms with E-state index in [0.717, 1.165) is 25.5 Å². The maximum atomic E-state index is 9.02. The highest BCUT2D eigenvalue weighted by Gasteiger charge is 2.12. The van der Waals surface area contributed by atoms with Gasteiger partial charge in [0.2, 0.25) is 0 Å². The van der Waals surface area contributed by atoms with E-state index >= 15 is 0 Å². The summed E-state index contributed by atoms with van der Waals surface area (Å²) >= 11 is 11.0. The first-order valence-corrected chi connectivity index (χ1v) is 6.25. The van der Waals surface area contributed by atoms with Crippen molar-refractivity contribution in [1.29, 1.82) is 5.26 Å². The molecule has 0 aliphatic heterocycles. The molecule has 0 fully saturated rings. The molecule has 0 saturated heterocycles. The second-order valence-corrected chi connectivity index (χ2v) is 4.84. The van der Waals surface area contributed by atoms with Crippen LogP contribution in [0.5, 0.6) is 0 Å².